The molecule has 2 aliphatic heterocycles. The maximum Gasteiger partial charge on any atom is 0.264 e. The first-order valence-corrected chi connectivity index (χ1v) is 10.4. The fraction of sp³-hybridized carbons (Fsp3) is 0.632. The number of nitrogens with zero attached hydrogens (tertiary/aromatic N) is 3. The van der Waals surface area contributed by atoms with E-state index in [4.69, 9.17) is 4.98 Å². The number of likely N-dealkylation sites (tertiary alicyclic amines) is 1. The normalized spacial score (nSPS) is 20.4. The summed E-state index contributed by atoms with van der Waals surface area (Å²) in [6.07, 6.45) is 6.16. The van der Waals surface area contributed by atoms with E-state index >= 15 is 0 Å². The standard InChI is InChI=1S/C19H26N4O2S/c1-12-15-17(21-14-8-4-3-5-9-23(14)18(15)24)26-16(12)19(25)22-10-6-7-13(22)11-20-2/h13,20H,3-11H2,1-2H3. The highest BCUT2D eigenvalue weighted by Crippen LogP contribution is 2.31. The molecule has 1 fully saturated rings. The van der Waals surface area contributed by atoms with Crippen molar-refractivity contribution < 1.29 is 4.79 Å². The number of aromatic nitrogens is 2. The average molecular weight is 375 g/mol. The number of rotatable bonds is 3. The molecule has 7 heteroatoms. The maximum atomic E-state index is 13.2. The van der Waals surface area contributed by atoms with Gasteiger partial charge in [0.15, 0.2) is 0 Å². The second kappa shape index (κ2) is 7.12. The lowest BCUT2D eigenvalue weighted by Crippen LogP contribution is -2.40. The number of hydrogen-bond donors (Lipinski definition) is 1. The lowest BCUT2D eigenvalue weighted by atomic mass is 10.1. The van der Waals surface area contributed by atoms with Crippen molar-refractivity contribution in [2.75, 3.05) is 20.1 Å². The third kappa shape index (κ3) is 2.87. The molecule has 0 radical (unpaired) electrons. The van der Waals surface area contributed by atoms with Crippen LogP contribution in [0.5, 0.6) is 0 Å². The van der Waals surface area contributed by atoms with Crippen LogP contribution in [0.4, 0.5) is 0 Å². The molecule has 0 bridgehead atoms. The Morgan fingerprint density at radius 3 is 2.92 bits per heavy atom. The van der Waals surface area contributed by atoms with Gasteiger partial charge in [-0.05, 0) is 45.2 Å². The number of carbonyl (C=O) groups excluding carboxylic acids is 1. The smallest absolute Gasteiger partial charge is 0.264 e. The molecule has 1 amide bonds. The van der Waals surface area contributed by atoms with Crippen molar-refractivity contribution in [3.63, 3.8) is 0 Å². The quantitative estimate of drug-likeness (QED) is 0.895. The van der Waals surface area contributed by atoms with E-state index in [2.05, 4.69) is 5.32 Å². The van der Waals surface area contributed by atoms with E-state index in [1.807, 2.05) is 23.4 Å². The van der Waals surface area contributed by atoms with Crippen molar-refractivity contribution >= 4 is 27.5 Å². The highest BCUT2D eigenvalue weighted by molar-refractivity contribution is 7.20. The zero-order valence-corrected chi connectivity index (χ0v) is 16.3. The number of carbonyl (C=O) groups is 1. The average Bonchev–Trinajstić information content (AvgIpc) is 3.12. The summed E-state index contributed by atoms with van der Waals surface area (Å²) in [6, 6.07) is 0.239. The molecule has 0 spiro atoms. The van der Waals surface area contributed by atoms with Crippen LogP contribution < -0.4 is 10.9 Å². The van der Waals surface area contributed by atoms with Crippen LogP contribution in [0.3, 0.4) is 0 Å². The van der Waals surface area contributed by atoms with Crippen LogP contribution in [-0.2, 0) is 13.0 Å². The molecule has 0 saturated carbocycles. The molecule has 0 aliphatic carbocycles. The fourth-order valence-electron chi connectivity index (χ4n) is 4.30. The molecule has 1 unspecified atom stereocenters. The van der Waals surface area contributed by atoms with Crippen LogP contribution in [-0.4, -0.2) is 46.5 Å². The second-order valence-electron chi connectivity index (χ2n) is 7.38. The van der Waals surface area contributed by atoms with Crippen LogP contribution in [0.15, 0.2) is 4.79 Å². The van der Waals surface area contributed by atoms with E-state index in [0.717, 1.165) is 74.4 Å². The first-order valence-electron chi connectivity index (χ1n) is 9.60. The fourth-order valence-corrected chi connectivity index (χ4v) is 5.44. The molecular formula is C19H26N4O2S. The summed E-state index contributed by atoms with van der Waals surface area (Å²) in [5, 5.41) is 3.83. The number of thiophene rings is 1. The highest BCUT2D eigenvalue weighted by Gasteiger charge is 2.32. The number of nitrogens with one attached hydrogen (secondary N) is 1. The molecule has 4 rings (SSSR count). The number of hydrogen-bond acceptors (Lipinski definition) is 5. The molecule has 0 aromatic carbocycles. The monoisotopic (exact) mass is 374 g/mol. The molecule has 2 aliphatic rings. The van der Waals surface area contributed by atoms with E-state index in [9.17, 15) is 9.59 Å². The molecule has 1 atom stereocenters. The number of fused-ring (bicyclic) bond motifs is 2. The maximum absolute atomic E-state index is 13.2. The SMILES string of the molecule is CNCC1CCCN1C(=O)c1sc2nc3n(c(=O)c2c1C)CCCCC3. The van der Waals surface area contributed by atoms with E-state index in [1.165, 1.54) is 11.3 Å². The van der Waals surface area contributed by atoms with Crippen LogP contribution in [0, 0.1) is 6.92 Å². The van der Waals surface area contributed by atoms with Gasteiger partial charge in [0.1, 0.15) is 10.7 Å². The van der Waals surface area contributed by atoms with Crippen molar-refractivity contribution in [1.82, 2.24) is 19.8 Å². The van der Waals surface area contributed by atoms with Gasteiger partial charge in [0, 0.05) is 32.1 Å². The van der Waals surface area contributed by atoms with Gasteiger partial charge in [-0.3, -0.25) is 14.2 Å². The largest absolute Gasteiger partial charge is 0.334 e. The Labute approximate surface area is 157 Å². The molecule has 140 valence electrons. The van der Waals surface area contributed by atoms with E-state index < -0.39 is 0 Å². The Bertz CT molecular complexity index is 901. The topological polar surface area (TPSA) is 67.2 Å². The van der Waals surface area contributed by atoms with Gasteiger partial charge in [-0.2, -0.15) is 0 Å². The van der Waals surface area contributed by atoms with E-state index in [-0.39, 0.29) is 17.5 Å². The molecule has 6 nitrogen and oxygen atoms in total. The molecule has 2 aromatic heterocycles. The van der Waals surface area contributed by atoms with Crippen molar-refractivity contribution in [3.05, 3.63) is 26.6 Å². The summed E-state index contributed by atoms with van der Waals surface area (Å²) in [6.45, 7) is 4.25. The molecule has 4 heterocycles. The van der Waals surface area contributed by atoms with Gasteiger partial charge in [-0.1, -0.05) is 6.42 Å². The minimum atomic E-state index is 0.0351. The van der Waals surface area contributed by atoms with Gasteiger partial charge in [0.2, 0.25) is 0 Å². The number of amides is 1. The Morgan fingerprint density at radius 2 is 2.12 bits per heavy atom. The number of likely N-dealkylation sites (N-methyl/N-ethyl adjacent to an activating group) is 1. The number of aryl methyl sites for hydroxylation is 2. The van der Waals surface area contributed by atoms with Crippen LogP contribution in [0.1, 0.15) is 53.2 Å². The molecule has 26 heavy (non-hydrogen) atoms. The van der Waals surface area contributed by atoms with Crippen molar-refractivity contribution in [1.29, 1.82) is 0 Å². The summed E-state index contributed by atoms with van der Waals surface area (Å²) >= 11 is 1.40. The Kier molecular flexibility index (Phi) is 4.84. The molecule has 2 aromatic rings. The summed E-state index contributed by atoms with van der Waals surface area (Å²) < 4.78 is 1.84. The van der Waals surface area contributed by atoms with E-state index in [0.29, 0.717) is 10.3 Å². The summed E-state index contributed by atoms with van der Waals surface area (Å²) in [5.41, 5.74) is 0.843. The van der Waals surface area contributed by atoms with Gasteiger partial charge in [0.25, 0.3) is 11.5 Å². The van der Waals surface area contributed by atoms with Crippen LogP contribution in [0.25, 0.3) is 10.2 Å². The lowest BCUT2D eigenvalue weighted by molar-refractivity contribution is 0.0741. The second-order valence-corrected chi connectivity index (χ2v) is 8.38. The third-order valence-corrected chi connectivity index (χ3v) is 6.86. The predicted molar refractivity (Wildman–Crippen MR) is 104 cm³/mol. The highest BCUT2D eigenvalue weighted by atomic mass is 32.1. The van der Waals surface area contributed by atoms with Crippen LogP contribution in [0.2, 0.25) is 0 Å². The van der Waals surface area contributed by atoms with Gasteiger partial charge in [-0.15, -0.1) is 11.3 Å². The first kappa shape index (κ1) is 17.7. The molecule has 1 saturated heterocycles. The summed E-state index contributed by atoms with van der Waals surface area (Å²) in [5.74, 6) is 0.942. The zero-order chi connectivity index (χ0) is 18.3. The van der Waals surface area contributed by atoms with Gasteiger partial charge >= 0.3 is 0 Å². The first-order chi connectivity index (χ1) is 12.6. The summed E-state index contributed by atoms with van der Waals surface area (Å²) in [4.78, 5) is 34.4. The Balaban J connectivity index is 1.77. The van der Waals surface area contributed by atoms with Crippen molar-refractivity contribution in [2.45, 2.75) is 58.0 Å². The van der Waals surface area contributed by atoms with Gasteiger partial charge in [0.05, 0.1) is 10.3 Å². The Morgan fingerprint density at radius 1 is 1.27 bits per heavy atom. The summed E-state index contributed by atoms with van der Waals surface area (Å²) in [7, 11) is 1.92. The van der Waals surface area contributed by atoms with Gasteiger partial charge in [-0.25, -0.2) is 4.98 Å². The minimum Gasteiger partial charge on any atom is -0.334 e. The third-order valence-electron chi connectivity index (χ3n) is 5.68. The predicted octanol–water partition coefficient (Wildman–Crippen LogP) is 2.32. The minimum absolute atomic E-state index is 0.0351. The molecular weight excluding hydrogens is 348 g/mol. The lowest BCUT2D eigenvalue weighted by Gasteiger charge is -2.24. The van der Waals surface area contributed by atoms with E-state index in [1.54, 1.807) is 0 Å². The van der Waals surface area contributed by atoms with Crippen LogP contribution >= 0.6 is 11.3 Å². The Hall–Kier alpha value is -1.73. The zero-order valence-electron chi connectivity index (χ0n) is 15.5. The van der Waals surface area contributed by atoms with Gasteiger partial charge < -0.3 is 10.2 Å². The van der Waals surface area contributed by atoms with Crippen molar-refractivity contribution in [2.24, 2.45) is 0 Å². The molecule has 1 N–H and O–H groups in total. The van der Waals surface area contributed by atoms with Crippen molar-refractivity contribution in [3.8, 4) is 0 Å².